The average molecular weight is 160 g/mol. The van der Waals surface area contributed by atoms with E-state index < -0.39 is 11.7 Å². The third-order valence-corrected chi connectivity index (χ3v) is 1.16. The second-order valence-corrected chi connectivity index (χ2v) is 2.09. The zero-order chi connectivity index (χ0) is 8.48. The lowest BCUT2D eigenvalue weighted by molar-refractivity contribution is -0.137. The Bertz CT molecular complexity index is 237. The maximum absolute atomic E-state index is 11.9. The van der Waals surface area contributed by atoms with Crippen LogP contribution in [0.3, 0.4) is 0 Å². The van der Waals surface area contributed by atoms with Crippen molar-refractivity contribution in [3.8, 4) is 0 Å². The average Bonchev–Trinajstić information content (AvgIpc) is 1.86. The van der Waals surface area contributed by atoms with Crippen LogP contribution in [0.1, 0.15) is 11.3 Å². The molecule has 0 saturated carbocycles. The van der Waals surface area contributed by atoms with Crippen molar-refractivity contribution in [2.45, 2.75) is 13.1 Å². The van der Waals surface area contributed by atoms with Gasteiger partial charge in [-0.2, -0.15) is 13.2 Å². The first-order valence-electron chi connectivity index (χ1n) is 2.91. The predicted octanol–water partition coefficient (Wildman–Crippen LogP) is 2.21. The molecular formula is C7H5F3N. The Hall–Kier alpha value is -1.06. The molecule has 1 radical (unpaired) electrons. The molecule has 0 N–H and O–H groups in total. The maximum atomic E-state index is 11.9. The van der Waals surface area contributed by atoms with Crippen molar-refractivity contribution in [2.24, 2.45) is 0 Å². The lowest BCUT2D eigenvalue weighted by Gasteiger charge is -2.04. The normalized spacial score (nSPS) is 11.6. The van der Waals surface area contributed by atoms with Gasteiger partial charge in [-0.05, 0) is 13.0 Å². The van der Waals surface area contributed by atoms with E-state index in [0.29, 0.717) is 5.69 Å². The number of aromatic nitrogens is 1. The molecule has 0 spiro atoms. The fourth-order valence-corrected chi connectivity index (χ4v) is 0.578. The summed E-state index contributed by atoms with van der Waals surface area (Å²) in [6, 6.07) is 3.27. The summed E-state index contributed by atoms with van der Waals surface area (Å²) in [6.45, 7) is 1.58. The van der Waals surface area contributed by atoms with E-state index >= 15 is 0 Å². The van der Waals surface area contributed by atoms with Crippen molar-refractivity contribution in [1.29, 1.82) is 0 Å². The van der Waals surface area contributed by atoms with E-state index in [2.05, 4.69) is 11.1 Å². The molecule has 1 aromatic heterocycles. The molecule has 1 nitrogen and oxygen atoms in total. The second-order valence-electron chi connectivity index (χ2n) is 2.09. The Balaban J connectivity index is 2.99. The molecule has 1 aromatic rings. The molecule has 0 aliphatic heterocycles. The third-order valence-electron chi connectivity index (χ3n) is 1.16. The quantitative estimate of drug-likeness (QED) is 0.567. The van der Waals surface area contributed by atoms with Crippen LogP contribution in [0.2, 0.25) is 0 Å². The fourth-order valence-electron chi connectivity index (χ4n) is 0.578. The van der Waals surface area contributed by atoms with Crippen LogP contribution in [0.5, 0.6) is 0 Å². The van der Waals surface area contributed by atoms with E-state index in [1.807, 2.05) is 0 Å². The lowest BCUT2D eigenvalue weighted by Crippen LogP contribution is -2.05. The molecule has 1 rings (SSSR count). The first-order chi connectivity index (χ1) is 5.00. The topological polar surface area (TPSA) is 12.9 Å². The van der Waals surface area contributed by atoms with Crippen LogP contribution < -0.4 is 0 Å². The van der Waals surface area contributed by atoms with Gasteiger partial charge in [0.1, 0.15) is 0 Å². The molecule has 4 heteroatoms. The molecular weight excluding hydrogens is 155 g/mol. The van der Waals surface area contributed by atoms with E-state index in [1.165, 1.54) is 0 Å². The summed E-state index contributed by atoms with van der Waals surface area (Å²) in [5.41, 5.74) is -0.305. The van der Waals surface area contributed by atoms with Gasteiger partial charge in [-0.15, -0.1) is 0 Å². The summed E-state index contributed by atoms with van der Waals surface area (Å²) in [5, 5.41) is 0. The van der Waals surface area contributed by atoms with E-state index in [4.69, 9.17) is 0 Å². The molecule has 0 aromatic carbocycles. The van der Waals surface area contributed by atoms with Crippen LogP contribution in [0.4, 0.5) is 13.2 Å². The van der Waals surface area contributed by atoms with Gasteiger partial charge in [0.05, 0.1) is 5.56 Å². The molecule has 11 heavy (non-hydrogen) atoms. The number of hydrogen-bond acceptors (Lipinski definition) is 1. The van der Waals surface area contributed by atoms with Gasteiger partial charge >= 0.3 is 6.18 Å². The van der Waals surface area contributed by atoms with Crippen LogP contribution >= 0.6 is 0 Å². The SMILES string of the molecule is Cc1[c]cc(C(F)(F)F)cn1. The predicted molar refractivity (Wildman–Crippen MR) is 32.8 cm³/mol. The number of hydrogen-bond donors (Lipinski definition) is 0. The lowest BCUT2D eigenvalue weighted by atomic mass is 10.2. The molecule has 0 aliphatic rings. The maximum Gasteiger partial charge on any atom is 0.417 e. The zero-order valence-electron chi connectivity index (χ0n) is 5.74. The number of halogens is 3. The highest BCUT2D eigenvalue weighted by molar-refractivity contribution is 5.14. The highest BCUT2D eigenvalue weighted by Gasteiger charge is 2.30. The number of pyridine rings is 1. The minimum Gasteiger partial charge on any atom is -0.260 e. The van der Waals surface area contributed by atoms with E-state index in [-0.39, 0.29) is 0 Å². The van der Waals surface area contributed by atoms with Gasteiger partial charge in [-0.3, -0.25) is 4.98 Å². The standard InChI is InChI=1S/C7H5F3N/c1-5-2-3-6(4-11-5)7(8,9)10/h3-4H,1H3. The Labute approximate surface area is 61.9 Å². The van der Waals surface area contributed by atoms with Gasteiger partial charge in [0.15, 0.2) is 0 Å². The van der Waals surface area contributed by atoms with Crippen LogP contribution in [0.25, 0.3) is 0 Å². The Morgan fingerprint density at radius 1 is 1.45 bits per heavy atom. The monoisotopic (exact) mass is 160 g/mol. The summed E-state index contributed by atoms with van der Waals surface area (Å²) >= 11 is 0. The van der Waals surface area contributed by atoms with Gasteiger partial charge in [-0.1, -0.05) is 0 Å². The summed E-state index contributed by atoms with van der Waals surface area (Å²) < 4.78 is 35.6. The molecule has 1 heterocycles. The highest BCUT2D eigenvalue weighted by atomic mass is 19.4. The third kappa shape index (κ3) is 1.93. The Kier molecular flexibility index (Phi) is 1.85. The first kappa shape index (κ1) is 8.04. The minimum atomic E-state index is -4.31. The molecule has 59 valence electrons. The molecule has 0 aliphatic carbocycles. The van der Waals surface area contributed by atoms with Gasteiger partial charge in [-0.25, -0.2) is 0 Å². The smallest absolute Gasteiger partial charge is 0.260 e. The van der Waals surface area contributed by atoms with Crippen molar-refractivity contribution in [2.75, 3.05) is 0 Å². The number of aryl methyl sites for hydroxylation is 1. The van der Waals surface area contributed by atoms with Gasteiger partial charge in [0, 0.05) is 18.0 Å². The van der Waals surface area contributed by atoms with Crippen molar-refractivity contribution in [3.05, 3.63) is 29.6 Å². The summed E-state index contributed by atoms with van der Waals surface area (Å²) in [6.07, 6.45) is -3.51. The van der Waals surface area contributed by atoms with Crippen LogP contribution in [-0.2, 0) is 6.18 Å². The van der Waals surface area contributed by atoms with Crippen molar-refractivity contribution in [3.63, 3.8) is 0 Å². The molecule has 0 amide bonds. The van der Waals surface area contributed by atoms with Gasteiger partial charge in [0.2, 0.25) is 0 Å². The van der Waals surface area contributed by atoms with E-state index in [0.717, 1.165) is 12.3 Å². The van der Waals surface area contributed by atoms with Crippen LogP contribution in [0, 0.1) is 13.0 Å². The molecule has 0 atom stereocenters. The Morgan fingerprint density at radius 3 is 2.45 bits per heavy atom. The van der Waals surface area contributed by atoms with Crippen molar-refractivity contribution in [1.82, 2.24) is 4.98 Å². The van der Waals surface area contributed by atoms with Gasteiger partial charge in [0.25, 0.3) is 0 Å². The summed E-state index contributed by atoms with van der Waals surface area (Å²) in [7, 11) is 0. The summed E-state index contributed by atoms with van der Waals surface area (Å²) in [4.78, 5) is 3.47. The largest absolute Gasteiger partial charge is 0.417 e. The molecule has 0 bridgehead atoms. The fraction of sp³-hybridized carbons (Fsp3) is 0.286. The number of rotatable bonds is 0. The van der Waals surface area contributed by atoms with Crippen LogP contribution in [-0.4, -0.2) is 4.98 Å². The van der Waals surface area contributed by atoms with Gasteiger partial charge < -0.3 is 0 Å². The van der Waals surface area contributed by atoms with Crippen LogP contribution in [0.15, 0.2) is 12.3 Å². The first-order valence-corrected chi connectivity index (χ1v) is 2.91. The Morgan fingerprint density at radius 2 is 2.09 bits per heavy atom. The molecule has 0 unspecified atom stereocenters. The van der Waals surface area contributed by atoms with E-state index in [1.54, 1.807) is 6.92 Å². The minimum absolute atomic E-state index is 0.456. The second kappa shape index (κ2) is 2.53. The van der Waals surface area contributed by atoms with E-state index in [9.17, 15) is 13.2 Å². The van der Waals surface area contributed by atoms with Crippen molar-refractivity contribution < 1.29 is 13.2 Å². The summed E-state index contributed by atoms with van der Waals surface area (Å²) in [5.74, 6) is 0. The number of nitrogens with zero attached hydrogens (tertiary/aromatic N) is 1. The molecule has 0 fully saturated rings. The zero-order valence-corrected chi connectivity index (χ0v) is 5.74. The molecule has 0 saturated heterocycles. The number of alkyl halides is 3. The highest BCUT2D eigenvalue weighted by Crippen LogP contribution is 2.27. The van der Waals surface area contributed by atoms with Crippen molar-refractivity contribution >= 4 is 0 Å².